The van der Waals surface area contributed by atoms with E-state index in [9.17, 15) is 4.79 Å². The first-order valence-electron chi connectivity index (χ1n) is 7.11. The first-order valence-corrected chi connectivity index (χ1v) is 7.99. The third-order valence-electron chi connectivity index (χ3n) is 3.51. The van der Waals surface area contributed by atoms with Crippen LogP contribution in [0.1, 0.15) is 10.4 Å². The molecule has 0 radical (unpaired) electrons. The van der Waals surface area contributed by atoms with Gasteiger partial charge in [-0.1, -0.05) is 0 Å². The predicted octanol–water partition coefficient (Wildman–Crippen LogP) is 2.13. The number of amides is 1. The Bertz CT molecular complexity index is 1110. The Balaban J connectivity index is 1.80. The molecule has 4 rings (SSSR count). The summed E-state index contributed by atoms with van der Waals surface area (Å²) in [6.07, 6.45) is 6.76. The molecule has 0 aliphatic rings. The van der Waals surface area contributed by atoms with Gasteiger partial charge in [0.15, 0.2) is 4.80 Å². The lowest BCUT2D eigenvalue weighted by Gasteiger charge is -2.02. The summed E-state index contributed by atoms with van der Waals surface area (Å²) in [6, 6.07) is 7.17. The molecule has 3 N–H and O–H groups in total. The maximum absolute atomic E-state index is 12.6. The van der Waals surface area contributed by atoms with E-state index in [2.05, 4.69) is 19.9 Å². The quantitative estimate of drug-likeness (QED) is 0.585. The molecule has 24 heavy (non-hydrogen) atoms. The third-order valence-corrected chi connectivity index (χ3v) is 4.27. The zero-order valence-corrected chi connectivity index (χ0v) is 13.2. The number of nitrogens with one attached hydrogen (secondary N) is 1. The number of rotatable bonds is 2. The Morgan fingerprint density at radius 1 is 1.29 bits per heavy atom. The van der Waals surface area contributed by atoms with Crippen molar-refractivity contribution in [2.45, 2.75) is 0 Å². The molecule has 118 valence electrons. The largest absolute Gasteiger partial charge is 0.384 e. The lowest BCUT2D eigenvalue weighted by Crippen LogP contribution is -2.14. The van der Waals surface area contributed by atoms with Crippen LogP contribution in [0.15, 0.2) is 59.4 Å². The second kappa shape index (κ2) is 5.74. The van der Waals surface area contributed by atoms with Crippen LogP contribution in [0, 0.1) is 0 Å². The number of hydrogen-bond donors (Lipinski definition) is 2. The van der Waals surface area contributed by atoms with Gasteiger partial charge in [-0.3, -0.25) is 9.36 Å². The van der Waals surface area contributed by atoms with Crippen molar-refractivity contribution in [1.29, 1.82) is 0 Å². The number of carbonyl (C=O) groups excluding carboxylic acids is 1. The van der Waals surface area contributed by atoms with E-state index < -0.39 is 0 Å². The number of anilines is 1. The number of nitrogen functional groups attached to an aromatic ring is 1. The van der Waals surface area contributed by atoms with Crippen molar-refractivity contribution in [3.63, 3.8) is 0 Å². The van der Waals surface area contributed by atoms with Gasteiger partial charge in [-0.15, -0.1) is 11.3 Å². The van der Waals surface area contributed by atoms with Crippen molar-refractivity contribution in [3.05, 3.63) is 64.8 Å². The number of nitrogens with two attached hydrogens (primary N) is 1. The molecule has 7 nitrogen and oxygen atoms in total. The molecular weight excluding hydrogens is 324 g/mol. The van der Waals surface area contributed by atoms with Crippen LogP contribution in [-0.2, 0) is 0 Å². The summed E-state index contributed by atoms with van der Waals surface area (Å²) in [5.41, 5.74) is 7.68. The predicted molar refractivity (Wildman–Crippen MR) is 91.8 cm³/mol. The standard InChI is InChI=1S/C16H12N6OS/c17-13-8-10(3-5-18-13)22-6-7-24-16(22)21-15(23)12-9-20-14-11(12)2-1-4-19-14/h1-9H,(H2,17,18)(H,19,20)/b21-16-. The number of fused-ring (bicyclic) bond motifs is 1. The van der Waals surface area contributed by atoms with Gasteiger partial charge in [-0.25, -0.2) is 9.97 Å². The highest BCUT2D eigenvalue weighted by Gasteiger charge is 2.12. The van der Waals surface area contributed by atoms with Crippen LogP contribution >= 0.6 is 11.3 Å². The van der Waals surface area contributed by atoms with Gasteiger partial charge in [-0.05, 0) is 18.2 Å². The Labute approximate surface area is 140 Å². The number of hydrogen-bond acceptors (Lipinski definition) is 5. The van der Waals surface area contributed by atoms with Crippen molar-refractivity contribution in [3.8, 4) is 5.69 Å². The average Bonchev–Trinajstić information content (AvgIpc) is 3.21. The summed E-state index contributed by atoms with van der Waals surface area (Å²) in [5.74, 6) is 0.0821. The summed E-state index contributed by atoms with van der Waals surface area (Å²) in [5, 5.41) is 2.61. The van der Waals surface area contributed by atoms with Gasteiger partial charge in [0.05, 0.1) is 11.3 Å². The van der Waals surface area contributed by atoms with Crippen LogP contribution < -0.4 is 10.5 Å². The lowest BCUT2D eigenvalue weighted by molar-refractivity contribution is 0.0999. The molecule has 0 fully saturated rings. The minimum atomic E-state index is -0.326. The minimum absolute atomic E-state index is 0.326. The Morgan fingerprint density at radius 3 is 3.08 bits per heavy atom. The topological polar surface area (TPSA) is 102 Å². The van der Waals surface area contributed by atoms with Crippen LogP contribution in [0.3, 0.4) is 0 Å². The summed E-state index contributed by atoms with van der Waals surface area (Å²) in [7, 11) is 0. The third kappa shape index (κ3) is 2.48. The fourth-order valence-electron chi connectivity index (χ4n) is 2.42. The average molecular weight is 336 g/mol. The van der Waals surface area contributed by atoms with E-state index in [4.69, 9.17) is 5.73 Å². The number of carbonyl (C=O) groups is 1. The van der Waals surface area contributed by atoms with Crippen molar-refractivity contribution in [2.75, 3.05) is 5.73 Å². The molecule has 0 unspecified atom stereocenters. The number of aromatic nitrogens is 4. The van der Waals surface area contributed by atoms with Gasteiger partial charge >= 0.3 is 0 Å². The monoisotopic (exact) mass is 336 g/mol. The van der Waals surface area contributed by atoms with Crippen LogP contribution in [-0.4, -0.2) is 25.4 Å². The van der Waals surface area contributed by atoms with Crippen molar-refractivity contribution in [2.24, 2.45) is 4.99 Å². The SMILES string of the molecule is Nc1cc(-n2ccs/c2=N\C(=O)c2c[nH]c3ncccc23)ccn1. The molecule has 0 spiro atoms. The van der Waals surface area contributed by atoms with Crippen molar-refractivity contribution in [1.82, 2.24) is 19.5 Å². The fraction of sp³-hybridized carbons (Fsp3) is 0. The molecule has 8 heteroatoms. The zero-order valence-electron chi connectivity index (χ0n) is 12.4. The van der Waals surface area contributed by atoms with E-state index in [1.54, 1.807) is 35.3 Å². The molecule has 0 aliphatic carbocycles. The summed E-state index contributed by atoms with van der Waals surface area (Å²) in [4.78, 5) is 28.5. The van der Waals surface area contributed by atoms with Crippen LogP contribution in [0.5, 0.6) is 0 Å². The van der Waals surface area contributed by atoms with Crippen LogP contribution in [0.25, 0.3) is 16.7 Å². The van der Waals surface area contributed by atoms with E-state index in [1.807, 2.05) is 23.7 Å². The Morgan fingerprint density at radius 2 is 2.21 bits per heavy atom. The second-order valence-corrected chi connectivity index (χ2v) is 5.89. The van der Waals surface area contributed by atoms with E-state index in [1.165, 1.54) is 11.3 Å². The van der Waals surface area contributed by atoms with Crippen LogP contribution in [0.2, 0.25) is 0 Å². The molecule has 0 saturated carbocycles. The van der Waals surface area contributed by atoms with Gasteiger partial charge in [0, 0.05) is 41.6 Å². The number of aromatic amines is 1. The lowest BCUT2D eigenvalue weighted by atomic mass is 10.2. The molecule has 0 aliphatic heterocycles. The molecule has 0 atom stereocenters. The molecule has 4 aromatic heterocycles. The Kier molecular flexibility index (Phi) is 3.43. The van der Waals surface area contributed by atoms with Gasteiger partial charge in [-0.2, -0.15) is 4.99 Å². The molecule has 4 aromatic rings. The molecule has 4 heterocycles. The van der Waals surface area contributed by atoms with Gasteiger partial charge in [0.2, 0.25) is 0 Å². The summed E-state index contributed by atoms with van der Waals surface area (Å²) < 4.78 is 1.80. The van der Waals surface area contributed by atoms with E-state index in [0.29, 0.717) is 21.8 Å². The van der Waals surface area contributed by atoms with Crippen molar-refractivity contribution < 1.29 is 4.79 Å². The van der Waals surface area contributed by atoms with E-state index >= 15 is 0 Å². The highest BCUT2D eigenvalue weighted by molar-refractivity contribution is 7.07. The number of H-pyrrole nitrogens is 1. The van der Waals surface area contributed by atoms with E-state index in [0.717, 1.165) is 11.1 Å². The fourth-order valence-corrected chi connectivity index (χ4v) is 3.14. The highest BCUT2D eigenvalue weighted by atomic mass is 32.1. The normalized spacial score (nSPS) is 11.9. The molecule has 1 amide bonds. The maximum atomic E-state index is 12.6. The molecule has 0 aromatic carbocycles. The zero-order chi connectivity index (χ0) is 16.5. The van der Waals surface area contributed by atoms with Crippen molar-refractivity contribution >= 4 is 34.1 Å². The van der Waals surface area contributed by atoms with Gasteiger partial charge in [0.1, 0.15) is 11.5 Å². The summed E-state index contributed by atoms with van der Waals surface area (Å²) >= 11 is 1.37. The number of thiazole rings is 1. The maximum Gasteiger partial charge on any atom is 0.281 e. The Hall–Kier alpha value is -3.26. The molecular formula is C16H12N6OS. The molecule has 0 saturated heterocycles. The first-order chi connectivity index (χ1) is 11.7. The van der Waals surface area contributed by atoms with Gasteiger partial charge < -0.3 is 10.7 Å². The van der Waals surface area contributed by atoms with E-state index in [-0.39, 0.29) is 5.91 Å². The first kappa shape index (κ1) is 14.3. The van der Waals surface area contributed by atoms with Crippen LogP contribution in [0.4, 0.5) is 5.82 Å². The number of nitrogens with zero attached hydrogens (tertiary/aromatic N) is 4. The molecule has 0 bridgehead atoms. The van der Waals surface area contributed by atoms with Gasteiger partial charge in [0.25, 0.3) is 5.91 Å². The highest BCUT2D eigenvalue weighted by Crippen LogP contribution is 2.16. The minimum Gasteiger partial charge on any atom is -0.384 e. The smallest absolute Gasteiger partial charge is 0.281 e. The number of pyridine rings is 2. The summed E-state index contributed by atoms with van der Waals surface area (Å²) in [6.45, 7) is 0. The second-order valence-electron chi connectivity index (χ2n) is 5.01.